The van der Waals surface area contributed by atoms with E-state index in [1.165, 1.54) is 6.07 Å². The third kappa shape index (κ3) is 2.55. The van der Waals surface area contributed by atoms with E-state index in [2.05, 4.69) is 15.9 Å². The first-order chi connectivity index (χ1) is 7.16. The average Bonchev–Trinajstić information content (AvgIpc) is 2.58. The number of hydrogen-bond acceptors (Lipinski definition) is 1. The fourth-order valence-electron chi connectivity index (χ4n) is 1.84. The maximum atomic E-state index is 13.5. The second-order valence-corrected chi connectivity index (χ2v) is 4.68. The van der Waals surface area contributed by atoms with Crippen LogP contribution in [0.2, 0.25) is 0 Å². The van der Waals surface area contributed by atoms with E-state index in [4.69, 9.17) is 0 Å². The molecule has 0 radical (unpaired) electrons. The van der Waals surface area contributed by atoms with Crippen LogP contribution in [-0.4, -0.2) is 24.2 Å². The first-order valence-corrected chi connectivity index (χ1v) is 5.75. The zero-order valence-corrected chi connectivity index (χ0v) is 9.80. The largest absolute Gasteiger partial charge is 0.296 e. The van der Waals surface area contributed by atoms with Crippen LogP contribution in [0.3, 0.4) is 0 Å². The highest BCUT2D eigenvalue weighted by molar-refractivity contribution is 9.10. The van der Waals surface area contributed by atoms with Gasteiger partial charge in [-0.05, 0) is 18.6 Å². The Hall–Kier alpha value is -0.480. The van der Waals surface area contributed by atoms with Crippen molar-refractivity contribution in [2.24, 2.45) is 0 Å². The Bertz CT molecular complexity index is 336. The van der Waals surface area contributed by atoms with Crippen molar-refractivity contribution in [3.8, 4) is 0 Å². The second-order valence-electron chi connectivity index (χ2n) is 3.82. The van der Waals surface area contributed by atoms with Crippen molar-refractivity contribution < 1.29 is 8.78 Å². The minimum atomic E-state index is -0.754. The lowest BCUT2D eigenvalue weighted by atomic mass is 10.2. The molecule has 1 heterocycles. The Balaban J connectivity index is 2.10. The Morgan fingerprint density at radius 2 is 2.27 bits per heavy atom. The van der Waals surface area contributed by atoms with Gasteiger partial charge in [0.2, 0.25) is 0 Å². The number of benzene rings is 1. The van der Waals surface area contributed by atoms with Crippen molar-refractivity contribution in [1.29, 1.82) is 0 Å². The van der Waals surface area contributed by atoms with E-state index >= 15 is 0 Å². The van der Waals surface area contributed by atoms with Gasteiger partial charge in [0.1, 0.15) is 12.0 Å². The summed E-state index contributed by atoms with van der Waals surface area (Å²) in [6.07, 6.45) is -0.193. The van der Waals surface area contributed by atoms with Crippen molar-refractivity contribution >= 4 is 15.9 Å². The monoisotopic (exact) mass is 275 g/mol. The molecule has 0 bridgehead atoms. The van der Waals surface area contributed by atoms with Crippen molar-refractivity contribution in [1.82, 2.24) is 4.90 Å². The SMILES string of the molecule is Fc1cccc(Br)c1CN1CCC(F)C1. The van der Waals surface area contributed by atoms with Crippen LogP contribution in [0.1, 0.15) is 12.0 Å². The third-order valence-corrected chi connectivity index (χ3v) is 3.40. The molecule has 0 aliphatic carbocycles. The number of nitrogens with zero attached hydrogens (tertiary/aromatic N) is 1. The summed E-state index contributed by atoms with van der Waals surface area (Å²) < 4.78 is 27.1. The smallest absolute Gasteiger partial charge is 0.128 e. The van der Waals surface area contributed by atoms with E-state index in [0.717, 1.165) is 4.47 Å². The van der Waals surface area contributed by atoms with Gasteiger partial charge in [-0.1, -0.05) is 22.0 Å². The molecular formula is C11H12BrF2N. The van der Waals surface area contributed by atoms with E-state index in [0.29, 0.717) is 31.6 Å². The maximum Gasteiger partial charge on any atom is 0.128 e. The highest BCUT2D eigenvalue weighted by atomic mass is 79.9. The van der Waals surface area contributed by atoms with E-state index in [1.807, 2.05) is 4.90 Å². The summed E-state index contributed by atoms with van der Waals surface area (Å²) in [6.45, 7) is 1.61. The summed E-state index contributed by atoms with van der Waals surface area (Å²) in [5.74, 6) is -0.230. The van der Waals surface area contributed by atoms with Crippen LogP contribution in [-0.2, 0) is 6.54 Å². The molecule has 1 aliphatic rings. The standard InChI is InChI=1S/C11H12BrF2N/c12-10-2-1-3-11(14)9(10)7-15-5-4-8(13)6-15/h1-3,8H,4-7H2. The van der Waals surface area contributed by atoms with E-state index in [9.17, 15) is 8.78 Å². The van der Waals surface area contributed by atoms with Gasteiger partial charge in [-0.3, -0.25) is 4.90 Å². The fraction of sp³-hybridized carbons (Fsp3) is 0.455. The molecule has 0 N–H and O–H groups in total. The molecular weight excluding hydrogens is 264 g/mol. The van der Waals surface area contributed by atoms with Crippen molar-refractivity contribution in [3.05, 3.63) is 34.1 Å². The molecule has 1 aromatic carbocycles. The summed E-state index contributed by atoms with van der Waals surface area (Å²) in [6, 6.07) is 4.90. The molecule has 0 spiro atoms. The Kier molecular flexibility index (Phi) is 3.36. The number of likely N-dealkylation sites (tertiary alicyclic amines) is 1. The van der Waals surface area contributed by atoms with Gasteiger partial charge in [-0.2, -0.15) is 0 Å². The van der Waals surface area contributed by atoms with Crippen LogP contribution in [0.4, 0.5) is 8.78 Å². The molecule has 82 valence electrons. The average molecular weight is 276 g/mol. The van der Waals surface area contributed by atoms with Gasteiger partial charge in [0.15, 0.2) is 0 Å². The van der Waals surface area contributed by atoms with Gasteiger partial charge in [-0.15, -0.1) is 0 Å². The van der Waals surface area contributed by atoms with Crippen LogP contribution in [0.15, 0.2) is 22.7 Å². The minimum absolute atomic E-state index is 0.230. The van der Waals surface area contributed by atoms with Crippen molar-refractivity contribution in [3.63, 3.8) is 0 Å². The number of halogens is 3. The highest BCUT2D eigenvalue weighted by Gasteiger charge is 2.23. The second kappa shape index (κ2) is 4.58. The van der Waals surface area contributed by atoms with Gasteiger partial charge < -0.3 is 0 Å². The van der Waals surface area contributed by atoms with Crippen molar-refractivity contribution in [2.75, 3.05) is 13.1 Å². The van der Waals surface area contributed by atoms with E-state index in [-0.39, 0.29) is 5.82 Å². The van der Waals surface area contributed by atoms with Crippen LogP contribution < -0.4 is 0 Å². The Morgan fingerprint density at radius 3 is 2.87 bits per heavy atom. The first kappa shape index (κ1) is 11.0. The normalized spacial score (nSPS) is 22.2. The Labute approximate surface area is 96.2 Å². The molecule has 4 heteroatoms. The lowest BCUT2D eigenvalue weighted by Crippen LogP contribution is -2.21. The molecule has 2 rings (SSSR count). The predicted molar refractivity (Wildman–Crippen MR) is 58.9 cm³/mol. The van der Waals surface area contributed by atoms with Crippen LogP contribution >= 0.6 is 15.9 Å². The van der Waals surface area contributed by atoms with Gasteiger partial charge in [0.25, 0.3) is 0 Å². The molecule has 1 aromatic rings. The summed E-state index contributed by atoms with van der Waals surface area (Å²) in [5, 5.41) is 0. The Morgan fingerprint density at radius 1 is 1.47 bits per heavy atom. The molecule has 0 aromatic heterocycles. The number of alkyl halides is 1. The molecule has 0 saturated carbocycles. The third-order valence-electron chi connectivity index (χ3n) is 2.66. The lowest BCUT2D eigenvalue weighted by Gasteiger charge is -2.16. The zero-order chi connectivity index (χ0) is 10.8. The summed E-state index contributed by atoms with van der Waals surface area (Å²) >= 11 is 3.31. The molecule has 1 atom stereocenters. The van der Waals surface area contributed by atoms with Gasteiger partial charge >= 0.3 is 0 Å². The van der Waals surface area contributed by atoms with E-state index in [1.54, 1.807) is 12.1 Å². The highest BCUT2D eigenvalue weighted by Crippen LogP contribution is 2.23. The first-order valence-electron chi connectivity index (χ1n) is 4.96. The van der Waals surface area contributed by atoms with Gasteiger partial charge in [-0.25, -0.2) is 8.78 Å². The summed E-state index contributed by atoms with van der Waals surface area (Å²) in [7, 11) is 0. The van der Waals surface area contributed by atoms with Gasteiger partial charge in [0.05, 0.1) is 0 Å². The molecule has 1 fully saturated rings. The lowest BCUT2D eigenvalue weighted by molar-refractivity contribution is 0.279. The summed E-state index contributed by atoms with van der Waals surface area (Å²) in [5.41, 5.74) is 0.617. The molecule has 1 saturated heterocycles. The van der Waals surface area contributed by atoms with Crippen molar-refractivity contribution in [2.45, 2.75) is 19.1 Å². The molecule has 0 amide bonds. The number of rotatable bonds is 2. The quantitative estimate of drug-likeness (QED) is 0.802. The summed E-state index contributed by atoms with van der Waals surface area (Å²) in [4.78, 5) is 1.94. The molecule has 1 unspecified atom stereocenters. The van der Waals surface area contributed by atoms with Crippen LogP contribution in [0, 0.1) is 5.82 Å². The van der Waals surface area contributed by atoms with E-state index < -0.39 is 6.17 Å². The topological polar surface area (TPSA) is 3.24 Å². The molecule has 15 heavy (non-hydrogen) atoms. The predicted octanol–water partition coefficient (Wildman–Crippen LogP) is 3.13. The maximum absolute atomic E-state index is 13.5. The fourth-order valence-corrected chi connectivity index (χ4v) is 2.30. The minimum Gasteiger partial charge on any atom is -0.296 e. The van der Waals surface area contributed by atoms with Gasteiger partial charge in [0, 0.05) is 29.7 Å². The number of hydrogen-bond donors (Lipinski definition) is 0. The van der Waals surface area contributed by atoms with Crippen LogP contribution in [0.25, 0.3) is 0 Å². The molecule has 1 nitrogen and oxygen atoms in total. The van der Waals surface area contributed by atoms with Crippen LogP contribution in [0.5, 0.6) is 0 Å². The zero-order valence-electron chi connectivity index (χ0n) is 8.22. The molecule has 1 aliphatic heterocycles.